The molecule has 68 valence electrons. The van der Waals surface area contributed by atoms with Gasteiger partial charge in [0.1, 0.15) is 0 Å². The SMILES string of the molecule is C=CC[P+](CC)(CC)CC.[Br-]. The number of hydrogen-bond donors (Lipinski definition) is 0. The molecule has 0 amide bonds. The highest BCUT2D eigenvalue weighted by molar-refractivity contribution is 7.75. The fourth-order valence-corrected chi connectivity index (χ4v) is 4.00. The van der Waals surface area contributed by atoms with Crippen LogP contribution in [0.15, 0.2) is 12.7 Å². The molecule has 0 N–H and O–H groups in total. The van der Waals surface area contributed by atoms with Crippen LogP contribution in [-0.2, 0) is 0 Å². The Labute approximate surface area is 82.6 Å². The lowest BCUT2D eigenvalue weighted by Gasteiger charge is -2.21. The standard InChI is InChI=1S/C9H20P.BrH/c1-5-9-10(6-2,7-3)8-4;/h5H,1,6-9H2,2-4H3;1H/q+1;/p-1. The number of rotatable bonds is 5. The number of halogens is 1. The van der Waals surface area contributed by atoms with Crippen LogP contribution >= 0.6 is 7.26 Å². The molecule has 0 aromatic carbocycles. The average Bonchev–Trinajstić information content (AvgIpc) is 2.01. The largest absolute Gasteiger partial charge is 1.00 e. The van der Waals surface area contributed by atoms with E-state index in [4.69, 9.17) is 0 Å². The Balaban J connectivity index is 0. The van der Waals surface area contributed by atoms with E-state index in [1.807, 2.05) is 0 Å². The summed E-state index contributed by atoms with van der Waals surface area (Å²) in [4.78, 5) is 0. The van der Waals surface area contributed by atoms with E-state index in [2.05, 4.69) is 33.4 Å². The zero-order valence-electron chi connectivity index (χ0n) is 7.94. The fraction of sp³-hybridized carbons (Fsp3) is 0.778. The molecule has 0 aromatic rings. The van der Waals surface area contributed by atoms with Gasteiger partial charge < -0.3 is 17.0 Å². The lowest BCUT2D eigenvalue weighted by Crippen LogP contribution is -3.00. The molecule has 0 saturated carbocycles. The van der Waals surface area contributed by atoms with Crippen molar-refractivity contribution in [2.75, 3.05) is 24.6 Å². The minimum absolute atomic E-state index is 0. The Morgan fingerprint density at radius 3 is 1.55 bits per heavy atom. The van der Waals surface area contributed by atoms with E-state index < -0.39 is 7.26 Å². The van der Waals surface area contributed by atoms with Crippen LogP contribution in [0.5, 0.6) is 0 Å². The summed E-state index contributed by atoms with van der Waals surface area (Å²) in [6.45, 7) is 10.8. The smallest absolute Gasteiger partial charge is 0.0770 e. The van der Waals surface area contributed by atoms with Crippen molar-refractivity contribution < 1.29 is 17.0 Å². The van der Waals surface area contributed by atoms with Gasteiger partial charge in [0.25, 0.3) is 0 Å². The van der Waals surface area contributed by atoms with Gasteiger partial charge in [-0.05, 0) is 20.8 Å². The van der Waals surface area contributed by atoms with Crippen molar-refractivity contribution >= 4 is 7.26 Å². The summed E-state index contributed by atoms with van der Waals surface area (Å²) >= 11 is 0. The van der Waals surface area contributed by atoms with Crippen molar-refractivity contribution in [3.05, 3.63) is 12.7 Å². The molecule has 2 heteroatoms. The maximum Gasteiger partial charge on any atom is 0.0770 e. The molecule has 0 radical (unpaired) electrons. The third-order valence-electron chi connectivity index (χ3n) is 2.53. The molecule has 0 aromatic heterocycles. The maximum absolute atomic E-state index is 3.82. The predicted octanol–water partition coefficient (Wildman–Crippen LogP) is 0.254. The van der Waals surface area contributed by atoms with Gasteiger partial charge in [0.15, 0.2) is 0 Å². The summed E-state index contributed by atoms with van der Waals surface area (Å²) in [6, 6.07) is 0. The quantitative estimate of drug-likeness (QED) is 0.476. The molecule has 0 bridgehead atoms. The predicted molar refractivity (Wildman–Crippen MR) is 53.6 cm³/mol. The number of allylic oxidation sites excluding steroid dienone is 1. The maximum atomic E-state index is 3.82. The van der Waals surface area contributed by atoms with E-state index in [0.717, 1.165) is 0 Å². The van der Waals surface area contributed by atoms with E-state index in [9.17, 15) is 0 Å². The van der Waals surface area contributed by atoms with Crippen LogP contribution in [-0.4, -0.2) is 24.6 Å². The highest BCUT2D eigenvalue weighted by Crippen LogP contribution is 2.57. The molecule has 0 aliphatic rings. The van der Waals surface area contributed by atoms with Gasteiger partial charge in [0.05, 0.1) is 24.6 Å². The first-order valence-electron chi connectivity index (χ1n) is 4.20. The summed E-state index contributed by atoms with van der Waals surface area (Å²) in [6.07, 6.45) is 7.57. The van der Waals surface area contributed by atoms with Crippen molar-refractivity contribution in [1.29, 1.82) is 0 Å². The van der Waals surface area contributed by atoms with Crippen LogP contribution < -0.4 is 17.0 Å². The van der Waals surface area contributed by atoms with Crippen LogP contribution in [0.25, 0.3) is 0 Å². The van der Waals surface area contributed by atoms with E-state index in [1.54, 1.807) is 0 Å². The molecule has 0 aliphatic carbocycles. The van der Waals surface area contributed by atoms with Crippen LogP contribution in [0, 0.1) is 0 Å². The summed E-state index contributed by atoms with van der Waals surface area (Å²) in [5.41, 5.74) is 0. The van der Waals surface area contributed by atoms with E-state index >= 15 is 0 Å². The summed E-state index contributed by atoms with van der Waals surface area (Å²) in [5, 5.41) is 0. The first kappa shape index (κ1) is 14.2. The van der Waals surface area contributed by atoms with Gasteiger partial charge in [-0.2, -0.15) is 0 Å². The van der Waals surface area contributed by atoms with Gasteiger partial charge in [0.2, 0.25) is 0 Å². The molecule has 11 heavy (non-hydrogen) atoms. The van der Waals surface area contributed by atoms with Crippen LogP contribution in [0.4, 0.5) is 0 Å². The van der Waals surface area contributed by atoms with E-state index in [-0.39, 0.29) is 17.0 Å². The molecule has 0 heterocycles. The topological polar surface area (TPSA) is 0 Å². The Morgan fingerprint density at radius 2 is 1.45 bits per heavy atom. The second-order valence-corrected chi connectivity index (χ2v) is 7.71. The molecule has 0 fully saturated rings. The summed E-state index contributed by atoms with van der Waals surface area (Å²) < 4.78 is 0. The molecule has 0 nitrogen and oxygen atoms in total. The lowest BCUT2D eigenvalue weighted by atomic mass is 10.8. The van der Waals surface area contributed by atoms with E-state index in [0.29, 0.717) is 0 Å². The van der Waals surface area contributed by atoms with Crippen molar-refractivity contribution in [2.45, 2.75) is 20.8 Å². The van der Waals surface area contributed by atoms with Crippen molar-refractivity contribution in [1.82, 2.24) is 0 Å². The third kappa shape index (κ3) is 4.28. The van der Waals surface area contributed by atoms with Gasteiger partial charge in [-0.3, -0.25) is 0 Å². The molecular weight excluding hydrogens is 219 g/mol. The number of hydrogen-bond acceptors (Lipinski definition) is 0. The summed E-state index contributed by atoms with van der Waals surface area (Å²) in [7, 11) is -0.557. The van der Waals surface area contributed by atoms with Crippen LogP contribution in [0.3, 0.4) is 0 Å². The molecular formula is C9H20BrP. The second-order valence-electron chi connectivity index (χ2n) is 2.76. The highest BCUT2D eigenvalue weighted by atomic mass is 79.9. The van der Waals surface area contributed by atoms with Crippen molar-refractivity contribution in [2.24, 2.45) is 0 Å². The molecule has 0 rings (SSSR count). The molecule has 0 unspecified atom stereocenters. The zero-order chi connectivity index (χ0) is 8.04. The minimum Gasteiger partial charge on any atom is -1.00 e. The fourth-order valence-electron chi connectivity index (χ4n) is 1.33. The van der Waals surface area contributed by atoms with Crippen LogP contribution in [0.2, 0.25) is 0 Å². The zero-order valence-corrected chi connectivity index (χ0v) is 10.4. The lowest BCUT2D eigenvalue weighted by molar-refractivity contribution is -0.00000237. The second kappa shape index (κ2) is 7.31. The van der Waals surface area contributed by atoms with Gasteiger partial charge in [0, 0.05) is 7.26 Å². The first-order chi connectivity index (χ1) is 4.74. The first-order valence-corrected chi connectivity index (χ1v) is 6.73. The van der Waals surface area contributed by atoms with Gasteiger partial charge in [-0.25, -0.2) is 0 Å². The minimum atomic E-state index is -0.557. The Bertz CT molecular complexity index is 89.5. The molecule has 0 aliphatic heterocycles. The Morgan fingerprint density at radius 1 is 1.09 bits per heavy atom. The van der Waals surface area contributed by atoms with Crippen LogP contribution in [0.1, 0.15) is 20.8 Å². The van der Waals surface area contributed by atoms with E-state index in [1.165, 1.54) is 24.6 Å². The Hall–Kier alpha value is 0.650. The third-order valence-corrected chi connectivity index (χ3v) is 7.59. The monoisotopic (exact) mass is 238 g/mol. The molecule has 0 saturated heterocycles. The van der Waals surface area contributed by atoms with Gasteiger partial charge in [-0.1, -0.05) is 12.7 Å². The van der Waals surface area contributed by atoms with Gasteiger partial charge >= 0.3 is 0 Å². The van der Waals surface area contributed by atoms with Crippen molar-refractivity contribution in [3.8, 4) is 0 Å². The normalized spacial score (nSPS) is 10.5. The highest BCUT2D eigenvalue weighted by Gasteiger charge is 2.28. The van der Waals surface area contributed by atoms with Crippen molar-refractivity contribution in [3.63, 3.8) is 0 Å². The summed E-state index contributed by atoms with van der Waals surface area (Å²) in [5.74, 6) is 0. The Kier molecular flexibility index (Phi) is 9.43. The molecule has 0 atom stereocenters. The molecule has 0 spiro atoms. The van der Waals surface area contributed by atoms with Gasteiger partial charge in [-0.15, -0.1) is 0 Å². The average molecular weight is 239 g/mol.